The molecule has 2 aromatic heterocycles. The lowest BCUT2D eigenvalue weighted by Gasteiger charge is -2.06. The summed E-state index contributed by atoms with van der Waals surface area (Å²) < 4.78 is 37.2. The van der Waals surface area contributed by atoms with Gasteiger partial charge in [0.05, 0.1) is 0 Å². The molecule has 9 heteroatoms. The van der Waals surface area contributed by atoms with Crippen LogP contribution < -0.4 is 10.6 Å². The first-order valence-corrected chi connectivity index (χ1v) is 5.94. The molecule has 0 radical (unpaired) electrons. The number of aromatic nitrogens is 3. The number of hydrogen-bond acceptors (Lipinski definition) is 3. The standard InChI is InChI=1S/C12H12F3N5O/c1-8-3-2-4-9(16-8)17-11(21)18-10-5-6-20(19-10)7-12(13,14)15/h2-6H,7H2,1H3,(H2,16,17,18,19,21). The van der Waals surface area contributed by atoms with Crippen molar-refractivity contribution in [3.05, 3.63) is 36.2 Å². The number of alkyl halides is 3. The number of anilines is 2. The molecule has 2 rings (SSSR count). The number of amides is 2. The first-order valence-electron chi connectivity index (χ1n) is 5.94. The number of nitrogens with one attached hydrogen (secondary N) is 2. The molecule has 0 unspecified atom stereocenters. The molecule has 0 aliphatic heterocycles. The van der Waals surface area contributed by atoms with E-state index in [-0.39, 0.29) is 5.82 Å². The Kier molecular flexibility index (Phi) is 4.10. The smallest absolute Gasteiger partial charge is 0.292 e. The molecule has 2 heterocycles. The van der Waals surface area contributed by atoms with Gasteiger partial charge in [0.15, 0.2) is 5.82 Å². The van der Waals surface area contributed by atoms with E-state index in [2.05, 4.69) is 20.7 Å². The molecule has 6 nitrogen and oxygen atoms in total. The minimum atomic E-state index is -4.36. The summed E-state index contributed by atoms with van der Waals surface area (Å²) in [6, 6.07) is 5.71. The van der Waals surface area contributed by atoms with E-state index in [0.29, 0.717) is 10.5 Å². The lowest BCUT2D eigenvalue weighted by Crippen LogP contribution is -2.21. The van der Waals surface area contributed by atoms with Crippen molar-refractivity contribution in [3.8, 4) is 0 Å². The number of carbonyl (C=O) groups excluding carboxylic acids is 1. The van der Waals surface area contributed by atoms with Gasteiger partial charge >= 0.3 is 12.2 Å². The summed E-state index contributed by atoms with van der Waals surface area (Å²) in [5.74, 6) is 0.353. The second-order valence-electron chi connectivity index (χ2n) is 4.26. The number of urea groups is 1. The zero-order valence-electron chi connectivity index (χ0n) is 11.0. The van der Waals surface area contributed by atoms with Gasteiger partial charge in [0.1, 0.15) is 12.4 Å². The quantitative estimate of drug-likeness (QED) is 0.915. The highest BCUT2D eigenvalue weighted by Crippen LogP contribution is 2.17. The van der Waals surface area contributed by atoms with E-state index in [1.54, 1.807) is 25.1 Å². The summed E-state index contributed by atoms with van der Waals surface area (Å²) in [6.07, 6.45) is -3.23. The average molecular weight is 299 g/mol. The van der Waals surface area contributed by atoms with Gasteiger partial charge in [-0.15, -0.1) is 0 Å². The second-order valence-corrected chi connectivity index (χ2v) is 4.26. The maximum absolute atomic E-state index is 12.2. The molecule has 0 saturated heterocycles. The number of rotatable bonds is 3. The zero-order chi connectivity index (χ0) is 15.5. The third-order valence-electron chi connectivity index (χ3n) is 2.35. The van der Waals surface area contributed by atoms with E-state index in [4.69, 9.17) is 0 Å². The van der Waals surface area contributed by atoms with Crippen LogP contribution in [-0.4, -0.2) is 27.0 Å². The fourth-order valence-electron chi connectivity index (χ4n) is 1.58. The minimum absolute atomic E-state index is 0.0180. The van der Waals surface area contributed by atoms with Gasteiger partial charge in [-0.25, -0.2) is 9.78 Å². The van der Waals surface area contributed by atoms with Gasteiger partial charge in [-0.05, 0) is 19.1 Å². The van der Waals surface area contributed by atoms with Crippen molar-refractivity contribution in [1.29, 1.82) is 0 Å². The van der Waals surface area contributed by atoms with E-state index in [9.17, 15) is 18.0 Å². The topological polar surface area (TPSA) is 71.8 Å². The van der Waals surface area contributed by atoms with Crippen LogP contribution in [0.2, 0.25) is 0 Å². The van der Waals surface area contributed by atoms with Crippen LogP contribution in [0.1, 0.15) is 5.69 Å². The fraction of sp³-hybridized carbons (Fsp3) is 0.250. The van der Waals surface area contributed by atoms with Crippen LogP contribution in [0.3, 0.4) is 0 Å². The van der Waals surface area contributed by atoms with E-state index >= 15 is 0 Å². The van der Waals surface area contributed by atoms with Crippen LogP contribution in [-0.2, 0) is 6.54 Å². The number of pyridine rings is 1. The van der Waals surface area contributed by atoms with E-state index in [1.165, 1.54) is 6.07 Å². The molecular formula is C12H12F3N5O. The zero-order valence-corrected chi connectivity index (χ0v) is 11.0. The van der Waals surface area contributed by atoms with E-state index < -0.39 is 18.8 Å². The number of halogens is 3. The predicted octanol–water partition coefficient (Wildman–Crippen LogP) is 2.79. The molecule has 21 heavy (non-hydrogen) atoms. The molecule has 0 aromatic carbocycles. The predicted molar refractivity (Wildman–Crippen MR) is 69.9 cm³/mol. The van der Waals surface area contributed by atoms with Crippen LogP contribution in [0.5, 0.6) is 0 Å². The molecule has 2 aromatic rings. The van der Waals surface area contributed by atoms with Crippen LogP contribution in [0.4, 0.5) is 29.6 Å². The largest absolute Gasteiger partial charge is 0.408 e. The lowest BCUT2D eigenvalue weighted by molar-refractivity contribution is -0.142. The Morgan fingerprint density at radius 1 is 1.24 bits per heavy atom. The number of aryl methyl sites for hydroxylation is 1. The van der Waals surface area contributed by atoms with Gasteiger partial charge < -0.3 is 0 Å². The molecule has 0 bridgehead atoms. The van der Waals surface area contributed by atoms with Gasteiger partial charge in [-0.2, -0.15) is 18.3 Å². The number of nitrogens with zero attached hydrogens (tertiary/aromatic N) is 3. The Balaban J connectivity index is 1.94. The number of hydrogen-bond donors (Lipinski definition) is 2. The van der Waals surface area contributed by atoms with Crippen molar-refractivity contribution < 1.29 is 18.0 Å². The van der Waals surface area contributed by atoms with Gasteiger partial charge in [0.25, 0.3) is 0 Å². The van der Waals surface area contributed by atoms with Gasteiger partial charge in [0, 0.05) is 18.0 Å². The highest BCUT2D eigenvalue weighted by molar-refractivity contribution is 5.98. The summed E-state index contributed by atoms with van der Waals surface area (Å²) in [7, 11) is 0. The highest BCUT2D eigenvalue weighted by Gasteiger charge is 2.28. The molecular weight excluding hydrogens is 287 g/mol. The first kappa shape index (κ1) is 14.8. The Morgan fingerprint density at radius 2 is 1.95 bits per heavy atom. The summed E-state index contributed by atoms with van der Waals surface area (Å²) >= 11 is 0. The summed E-state index contributed by atoms with van der Waals surface area (Å²) in [4.78, 5) is 15.7. The molecule has 0 spiro atoms. The molecule has 0 aliphatic carbocycles. The van der Waals surface area contributed by atoms with Crippen LogP contribution in [0, 0.1) is 6.92 Å². The SMILES string of the molecule is Cc1cccc(NC(=O)Nc2ccn(CC(F)(F)F)n2)n1. The molecule has 2 N–H and O–H groups in total. The summed E-state index contributed by atoms with van der Waals surface area (Å²) in [5, 5.41) is 8.38. The minimum Gasteiger partial charge on any atom is -0.292 e. The summed E-state index contributed by atoms with van der Waals surface area (Å²) in [6.45, 7) is 0.553. The molecule has 0 saturated carbocycles. The highest BCUT2D eigenvalue weighted by atomic mass is 19.4. The maximum atomic E-state index is 12.2. The molecule has 112 valence electrons. The first-order chi connectivity index (χ1) is 9.82. The Morgan fingerprint density at radius 3 is 2.62 bits per heavy atom. The molecule has 0 fully saturated rings. The van der Waals surface area contributed by atoms with Crippen molar-refractivity contribution >= 4 is 17.7 Å². The van der Waals surface area contributed by atoms with Gasteiger partial charge in [-0.1, -0.05) is 6.07 Å². The Labute approximate surface area is 118 Å². The Bertz CT molecular complexity index is 638. The average Bonchev–Trinajstić information content (AvgIpc) is 2.73. The van der Waals surface area contributed by atoms with Crippen molar-refractivity contribution in [2.24, 2.45) is 0 Å². The lowest BCUT2D eigenvalue weighted by atomic mass is 10.4. The monoisotopic (exact) mass is 299 g/mol. The Hall–Kier alpha value is -2.58. The third kappa shape index (κ3) is 4.79. The van der Waals surface area contributed by atoms with E-state index in [1.807, 2.05) is 0 Å². The van der Waals surface area contributed by atoms with Crippen molar-refractivity contribution in [2.45, 2.75) is 19.6 Å². The maximum Gasteiger partial charge on any atom is 0.408 e. The van der Waals surface area contributed by atoms with Crippen molar-refractivity contribution in [3.63, 3.8) is 0 Å². The van der Waals surface area contributed by atoms with Gasteiger partial charge in [0.2, 0.25) is 0 Å². The van der Waals surface area contributed by atoms with Crippen LogP contribution >= 0.6 is 0 Å². The summed E-state index contributed by atoms with van der Waals surface area (Å²) in [5.41, 5.74) is 0.724. The molecule has 0 atom stereocenters. The molecule has 0 aliphatic rings. The second kappa shape index (κ2) is 5.81. The number of carbonyl (C=O) groups is 1. The van der Waals surface area contributed by atoms with Crippen LogP contribution in [0.25, 0.3) is 0 Å². The van der Waals surface area contributed by atoms with Crippen molar-refractivity contribution in [1.82, 2.24) is 14.8 Å². The molecule has 2 amide bonds. The van der Waals surface area contributed by atoms with E-state index in [0.717, 1.165) is 11.9 Å². The normalized spacial score (nSPS) is 11.2. The van der Waals surface area contributed by atoms with Gasteiger partial charge in [-0.3, -0.25) is 15.3 Å². The van der Waals surface area contributed by atoms with Crippen molar-refractivity contribution in [2.75, 3.05) is 10.6 Å². The third-order valence-corrected chi connectivity index (χ3v) is 2.35. The van der Waals surface area contributed by atoms with Crippen LogP contribution in [0.15, 0.2) is 30.5 Å². The fourth-order valence-corrected chi connectivity index (χ4v) is 1.58.